The molecule has 0 saturated carbocycles. The number of rotatable bonds is 0. The van der Waals surface area contributed by atoms with Gasteiger partial charge in [-0.2, -0.15) is 13.8 Å². The quantitative estimate of drug-likeness (QED) is 0.408. The first-order chi connectivity index (χ1) is 2.41. The van der Waals surface area contributed by atoms with Crippen molar-refractivity contribution in [3.05, 3.63) is 6.92 Å². The summed E-state index contributed by atoms with van der Waals surface area (Å²) in [5, 5.41) is 5.96. The SMILES string of the molecule is C[C-]=N.[CH2-]C.[Y]. The van der Waals surface area contributed by atoms with Gasteiger partial charge in [-0.15, -0.1) is 0 Å². The van der Waals surface area contributed by atoms with Gasteiger partial charge in [0.05, 0.1) is 0 Å². The van der Waals surface area contributed by atoms with Crippen molar-refractivity contribution in [2.45, 2.75) is 13.8 Å². The van der Waals surface area contributed by atoms with Gasteiger partial charge in [-0.1, -0.05) is 0 Å². The van der Waals surface area contributed by atoms with E-state index >= 15 is 0 Å². The van der Waals surface area contributed by atoms with Gasteiger partial charge in [0, 0.05) is 32.7 Å². The second-order valence-corrected chi connectivity index (χ2v) is 0.250. The molecule has 1 radical (unpaired) electrons. The van der Waals surface area contributed by atoms with E-state index in [4.69, 9.17) is 5.41 Å². The average Bonchev–Trinajstić information content (AvgIpc) is 1.46. The largest absolute Gasteiger partial charge is 0.519 e. The van der Waals surface area contributed by atoms with Gasteiger partial charge in [0.25, 0.3) is 0 Å². The van der Waals surface area contributed by atoms with Gasteiger partial charge < -0.3 is 18.5 Å². The normalized spacial score (nSPS) is 3.17. The van der Waals surface area contributed by atoms with Crippen LogP contribution < -0.4 is 0 Å². The summed E-state index contributed by atoms with van der Waals surface area (Å²) in [7, 11) is 0. The van der Waals surface area contributed by atoms with E-state index in [1.165, 1.54) is 0 Å². The van der Waals surface area contributed by atoms with Crippen LogP contribution in [0.5, 0.6) is 0 Å². The molecule has 0 aromatic rings. The van der Waals surface area contributed by atoms with Gasteiger partial charge in [-0.3, -0.25) is 0 Å². The van der Waals surface area contributed by atoms with E-state index in [1.54, 1.807) is 13.8 Å². The van der Waals surface area contributed by atoms with E-state index in [-0.39, 0.29) is 32.7 Å². The smallest absolute Gasteiger partial charge is 0 e. The maximum absolute atomic E-state index is 5.96. The molecule has 0 aliphatic carbocycles. The Morgan fingerprint density at radius 1 is 1.50 bits per heavy atom. The molecule has 0 aliphatic heterocycles. The van der Waals surface area contributed by atoms with Crippen LogP contribution in [0.25, 0.3) is 0 Å². The average molecular weight is 160 g/mol. The van der Waals surface area contributed by atoms with E-state index in [2.05, 4.69) is 6.92 Å². The summed E-state index contributed by atoms with van der Waals surface area (Å²) in [6.07, 6.45) is 2.00. The van der Waals surface area contributed by atoms with Crippen LogP contribution in [0.3, 0.4) is 0 Å². The molecule has 2 heteroatoms. The van der Waals surface area contributed by atoms with Gasteiger partial charge in [0.15, 0.2) is 0 Å². The summed E-state index contributed by atoms with van der Waals surface area (Å²) in [5.41, 5.74) is 0. The first-order valence-corrected chi connectivity index (χ1v) is 1.46. The van der Waals surface area contributed by atoms with Crippen LogP contribution in [-0.2, 0) is 32.7 Å². The Bertz CT molecular complexity index is 15.0. The van der Waals surface area contributed by atoms with Crippen molar-refractivity contribution in [3.63, 3.8) is 0 Å². The maximum Gasteiger partial charge on any atom is 0 e. The third kappa shape index (κ3) is 114. The minimum atomic E-state index is 0. The summed E-state index contributed by atoms with van der Waals surface area (Å²) in [6, 6.07) is 0. The summed E-state index contributed by atoms with van der Waals surface area (Å²) in [6.45, 7) is 6.54. The summed E-state index contributed by atoms with van der Waals surface area (Å²) in [5.74, 6) is 0. The number of nitrogens with one attached hydrogen (secondary N) is 1. The number of hydrogen-bond acceptors (Lipinski definition) is 1. The van der Waals surface area contributed by atoms with Crippen molar-refractivity contribution >= 4 is 6.21 Å². The van der Waals surface area contributed by atoms with Crippen LogP contribution in [0, 0.1) is 12.3 Å². The van der Waals surface area contributed by atoms with Crippen LogP contribution in [0.15, 0.2) is 0 Å². The van der Waals surface area contributed by atoms with Gasteiger partial charge in [-0.25, -0.2) is 0 Å². The Balaban J connectivity index is -0.0000000275. The van der Waals surface area contributed by atoms with E-state index in [9.17, 15) is 0 Å². The molecule has 35 valence electrons. The first-order valence-electron chi connectivity index (χ1n) is 1.46. The molecular weight excluding hydrogens is 151 g/mol. The molecule has 1 nitrogen and oxygen atoms in total. The molecule has 0 atom stereocenters. The van der Waals surface area contributed by atoms with E-state index in [0.717, 1.165) is 0 Å². The monoisotopic (exact) mass is 160 g/mol. The Morgan fingerprint density at radius 3 is 1.50 bits per heavy atom. The maximum atomic E-state index is 5.96. The predicted molar refractivity (Wildman–Crippen MR) is 24.4 cm³/mol. The zero-order chi connectivity index (χ0) is 4.71. The fourth-order valence-corrected chi connectivity index (χ4v) is 0. The van der Waals surface area contributed by atoms with Crippen molar-refractivity contribution in [1.29, 1.82) is 5.41 Å². The van der Waals surface area contributed by atoms with Crippen molar-refractivity contribution in [3.8, 4) is 0 Å². The van der Waals surface area contributed by atoms with Crippen molar-refractivity contribution in [2.24, 2.45) is 0 Å². The van der Waals surface area contributed by atoms with Crippen LogP contribution in [0.1, 0.15) is 13.8 Å². The second-order valence-electron chi connectivity index (χ2n) is 0.250. The minimum Gasteiger partial charge on any atom is -0.519 e. The summed E-state index contributed by atoms with van der Waals surface area (Å²) >= 11 is 0. The van der Waals surface area contributed by atoms with Gasteiger partial charge in [-0.05, 0) is 0 Å². The van der Waals surface area contributed by atoms with E-state index < -0.39 is 0 Å². The molecule has 0 aliphatic rings. The van der Waals surface area contributed by atoms with Crippen LogP contribution >= 0.6 is 0 Å². The molecule has 0 aromatic carbocycles. The molecule has 0 aromatic heterocycles. The van der Waals surface area contributed by atoms with Crippen molar-refractivity contribution in [1.82, 2.24) is 0 Å². The standard InChI is InChI=1S/C2H4N.C2H5.Y/c1-2-3;1-2;/h3H,1H3;1H2,2H3;/q2*-1;. The van der Waals surface area contributed by atoms with Gasteiger partial charge >= 0.3 is 0 Å². The third-order valence-corrected chi connectivity index (χ3v) is 0. The van der Waals surface area contributed by atoms with Gasteiger partial charge in [0.2, 0.25) is 0 Å². The second kappa shape index (κ2) is 41.8. The molecule has 0 spiro atoms. The Labute approximate surface area is 64.9 Å². The van der Waals surface area contributed by atoms with Crippen LogP contribution in [0.4, 0.5) is 0 Å². The van der Waals surface area contributed by atoms with Crippen LogP contribution in [-0.4, -0.2) is 6.21 Å². The van der Waals surface area contributed by atoms with Gasteiger partial charge in [0.1, 0.15) is 0 Å². The molecule has 0 amide bonds. The van der Waals surface area contributed by atoms with Crippen molar-refractivity contribution < 1.29 is 32.7 Å². The molecule has 6 heavy (non-hydrogen) atoms. The molecule has 1 N–H and O–H groups in total. The molecular formula is C4H9NY-2. The van der Waals surface area contributed by atoms with E-state index in [1.807, 2.05) is 6.21 Å². The fourth-order valence-electron chi connectivity index (χ4n) is 0. The van der Waals surface area contributed by atoms with Crippen molar-refractivity contribution in [2.75, 3.05) is 0 Å². The third-order valence-electron chi connectivity index (χ3n) is 0. The molecule has 0 unspecified atom stereocenters. The topological polar surface area (TPSA) is 23.9 Å². The Hall–Kier alpha value is 0.774. The molecule has 0 fully saturated rings. The predicted octanol–water partition coefficient (Wildman–Crippen LogP) is 1.37. The minimum absolute atomic E-state index is 0. The zero-order valence-corrected chi connectivity index (χ0v) is 7.12. The fraction of sp³-hybridized carbons (Fsp3) is 0.500. The van der Waals surface area contributed by atoms with Crippen LogP contribution in [0.2, 0.25) is 0 Å². The molecule has 0 saturated heterocycles. The molecule has 0 heterocycles. The number of hydrogen-bond donors (Lipinski definition) is 1. The zero-order valence-electron chi connectivity index (χ0n) is 4.28. The Morgan fingerprint density at radius 2 is 1.50 bits per heavy atom. The first kappa shape index (κ1) is 15.9. The molecule has 0 rings (SSSR count). The molecule has 0 bridgehead atoms. The van der Waals surface area contributed by atoms with E-state index in [0.29, 0.717) is 0 Å². The Kier molecular flexibility index (Phi) is 111. The summed E-state index contributed by atoms with van der Waals surface area (Å²) < 4.78 is 0. The summed E-state index contributed by atoms with van der Waals surface area (Å²) in [4.78, 5) is 0.